The molecule has 3 N–H and O–H groups in total. The number of nitrogens with zero attached hydrogens (tertiary/aromatic N) is 2. The highest BCUT2D eigenvalue weighted by Crippen LogP contribution is 2.53. The SMILES string of the molecule is CC(C)COc1c(C(=O)NC2C3CC4CC(C3)CC2C4)cnn1CCNCC1CCNCC1. The van der Waals surface area contributed by atoms with E-state index in [0.717, 1.165) is 43.9 Å². The number of aromatic nitrogens is 2. The van der Waals surface area contributed by atoms with E-state index in [4.69, 9.17) is 4.74 Å². The third-order valence-electron chi connectivity index (χ3n) is 8.51. The van der Waals surface area contributed by atoms with Gasteiger partial charge in [0.1, 0.15) is 5.56 Å². The van der Waals surface area contributed by atoms with Crippen LogP contribution in [0, 0.1) is 35.5 Å². The summed E-state index contributed by atoms with van der Waals surface area (Å²) in [6.45, 7) is 9.70. The van der Waals surface area contributed by atoms with E-state index < -0.39 is 0 Å². The van der Waals surface area contributed by atoms with Gasteiger partial charge in [-0.1, -0.05) is 13.8 Å². The van der Waals surface area contributed by atoms with Crippen LogP contribution in [0.25, 0.3) is 0 Å². The minimum Gasteiger partial charge on any atom is -0.477 e. The van der Waals surface area contributed by atoms with Crippen molar-refractivity contribution in [3.05, 3.63) is 11.8 Å². The van der Waals surface area contributed by atoms with Crippen molar-refractivity contribution in [3.8, 4) is 5.88 Å². The van der Waals surface area contributed by atoms with Crippen LogP contribution in [0.15, 0.2) is 6.20 Å². The third kappa shape index (κ3) is 5.40. The maximum absolute atomic E-state index is 13.4. The zero-order valence-electron chi connectivity index (χ0n) is 20.5. The van der Waals surface area contributed by atoms with E-state index >= 15 is 0 Å². The van der Waals surface area contributed by atoms with Gasteiger partial charge in [0.2, 0.25) is 5.88 Å². The Morgan fingerprint density at radius 1 is 1.15 bits per heavy atom. The number of ether oxygens (including phenoxy) is 1. The Labute approximate surface area is 198 Å². The van der Waals surface area contributed by atoms with Crippen molar-refractivity contribution in [1.82, 2.24) is 25.7 Å². The summed E-state index contributed by atoms with van der Waals surface area (Å²) in [4.78, 5) is 13.4. The molecule has 4 saturated carbocycles. The second-order valence-electron chi connectivity index (χ2n) is 11.6. The quantitative estimate of drug-likeness (QED) is 0.471. The Morgan fingerprint density at radius 3 is 2.52 bits per heavy atom. The third-order valence-corrected chi connectivity index (χ3v) is 8.51. The fraction of sp³-hybridized carbons (Fsp3) is 0.846. The van der Waals surface area contributed by atoms with Crippen LogP contribution in [0.3, 0.4) is 0 Å². The molecule has 0 unspecified atom stereocenters. The fourth-order valence-electron chi connectivity index (χ4n) is 7.05. The van der Waals surface area contributed by atoms with E-state index in [0.29, 0.717) is 48.4 Å². The van der Waals surface area contributed by atoms with Crippen LogP contribution in [-0.4, -0.2) is 54.5 Å². The van der Waals surface area contributed by atoms with Crippen LogP contribution in [0.1, 0.15) is 69.2 Å². The zero-order valence-corrected chi connectivity index (χ0v) is 20.5. The molecule has 1 aromatic rings. The van der Waals surface area contributed by atoms with Crippen molar-refractivity contribution >= 4 is 5.91 Å². The van der Waals surface area contributed by atoms with Crippen molar-refractivity contribution in [2.75, 3.05) is 32.8 Å². The molecule has 0 aromatic carbocycles. The molecule has 33 heavy (non-hydrogen) atoms. The summed E-state index contributed by atoms with van der Waals surface area (Å²) < 4.78 is 8.03. The molecule has 184 valence electrons. The molecule has 1 saturated heterocycles. The normalized spacial score (nSPS) is 31.3. The highest BCUT2D eigenvalue weighted by molar-refractivity contribution is 5.96. The van der Waals surface area contributed by atoms with Crippen LogP contribution in [-0.2, 0) is 6.54 Å². The number of rotatable bonds is 10. The van der Waals surface area contributed by atoms with Crippen LogP contribution in [0.4, 0.5) is 0 Å². The van der Waals surface area contributed by atoms with Crippen molar-refractivity contribution < 1.29 is 9.53 Å². The lowest BCUT2D eigenvalue weighted by Gasteiger charge is -2.54. The molecule has 4 aliphatic carbocycles. The van der Waals surface area contributed by atoms with E-state index in [1.807, 2.05) is 4.68 Å². The summed E-state index contributed by atoms with van der Waals surface area (Å²) in [5.74, 6) is 4.93. The molecule has 4 bridgehead atoms. The molecule has 1 aromatic heterocycles. The number of hydrogen-bond donors (Lipinski definition) is 3. The van der Waals surface area contributed by atoms with Crippen molar-refractivity contribution in [2.24, 2.45) is 35.5 Å². The highest BCUT2D eigenvalue weighted by Gasteiger charge is 2.48. The largest absolute Gasteiger partial charge is 0.477 e. The van der Waals surface area contributed by atoms with Gasteiger partial charge in [0.25, 0.3) is 5.91 Å². The molecular weight excluding hydrogens is 414 g/mol. The van der Waals surface area contributed by atoms with E-state index in [9.17, 15) is 4.79 Å². The number of carbonyl (C=O) groups excluding carboxylic acids is 1. The smallest absolute Gasteiger partial charge is 0.258 e. The first-order valence-corrected chi connectivity index (χ1v) is 13.5. The summed E-state index contributed by atoms with van der Waals surface area (Å²) in [6.07, 6.45) is 10.8. The highest BCUT2D eigenvalue weighted by atomic mass is 16.5. The van der Waals surface area contributed by atoms with Gasteiger partial charge in [-0.15, -0.1) is 0 Å². The maximum atomic E-state index is 13.4. The average molecular weight is 458 g/mol. The molecular formula is C26H43N5O2. The summed E-state index contributed by atoms with van der Waals surface area (Å²) in [7, 11) is 0. The zero-order chi connectivity index (χ0) is 22.8. The minimum absolute atomic E-state index is 0.000134. The monoisotopic (exact) mass is 457 g/mol. The Bertz CT molecular complexity index is 773. The number of amides is 1. The van der Waals surface area contributed by atoms with Gasteiger partial charge in [0, 0.05) is 12.6 Å². The van der Waals surface area contributed by atoms with Gasteiger partial charge in [-0.25, -0.2) is 4.68 Å². The van der Waals surface area contributed by atoms with Crippen LogP contribution in [0.5, 0.6) is 5.88 Å². The lowest BCUT2D eigenvalue weighted by Crippen LogP contribution is -2.55. The van der Waals surface area contributed by atoms with Crippen molar-refractivity contribution in [2.45, 2.75) is 71.4 Å². The molecule has 1 amide bonds. The van der Waals surface area contributed by atoms with Gasteiger partial charge in [-0.2, -0.15) is 5.10 Å². The van der Waals surface area contributed by atoms with E-state index in [2.05, 4.69) is 34.9 Å². The first kappa shape index (κ1) is 23.2. The molecule has 1 aliphatic heterocycles. The number of piperidine rings is 1. The molecule has 6 rings (SSSR count). The summed E-state index contributed by atoms with van der Waals surface area (Å²) in [5.41, 5.74) is 0.600. The molecule has 0 spiro atoms. The topological polar surface area (TPSA) is 80.2 Å². The standard InChI is InChI=1S/C26H43N5O2/c1-17(2)16-33-26-23(15-29-31(26)8-7-28-14-18-3-5-27-6-4-18)25(32)30-24-21-10-19-9-20(12-21)13-22(24)11-19/h15,17-22,24,27-28H,3-14,16H2,1-2H3,(H,30,32). The van der Waals surface area contributed by atoms with Gasteiger partial charge in [0.05, 0.1) is 19.3 Å². The van der Waals surface area contributed by atoms with Gasteiger partial charge in [0.15, 0.2) is 0 Å². The minimum atomic E-state index is 0.000134. The average Bonchev–Trinajstić information content (AvgIpc) is 3.20. The first-order chi connectivity index (χ1) is 16.1. The lowest BCUT2D eigenvalue weighted by atomic mass is 9.54. The van der Waals surface area contributed by atoms with Gasteiger partial charge in [-0.05, 0) is 100 Å². The number of hydrogen-bond acceptors (Lipinski definition) is 5. The molecule has 0 atom stereocenters. The van der Waals surface area contributed by atoms with Crippen LogP contribution in [0.2, 0.25) is 0 Å². The number of carbonyl (C=O) groups is 1. The van der Waals surface area contributed by atoms with E-state index in [1.165, 1.54) is 44.9 Å². The summed E-state index contributed by atoms with van der Waals surface area (Å²) in [6, 6.07) is 0.332. The van der Waals surface area contributed by atoms with E-state index in [-0.39, 0.29) is 5.91 Å². The lowest BCUT2D eigenvalue weighted by molar-refractivity contribution is -0.0120. The Hall–Kier alpha value is -1.60. The molecule has 7 heteroatoms. The van der Waals surface area contributed by atoms with Gasteiger partial charge >= 0.3 is 0 Å². The van der Waals surface area contributed by atoms with Gasteiger partial charge < -0.3 is 20.7 Å². The Kier molecular flexibility index (Phi) is 7.26. The number of nitrogens with one attached hydrogen (secondary N) is 3. The summed E-state index contributed by atoms with van der Waals surface area (Å²) >= 11 is 0. The Balaban J connectivity index is 1.20. The van der Waals surface area contributed by atoms with Gasteiger partial charge in [-0.3, -0.25) is 4.79 Å². The molecule has 7 nitrogen and oxygen atoms in total. The summed E-state index contributed by atoms with van der Waals surface area (Å²) in [5, 5.41) is 15.0. The molecule has 2 heterocycles. The fourth-order valence-corrected chi connectivity index (χ4v) is 7.05. The van der Waals surface area contributed by atoms with E-state index in [1.54, 1.807) is 6.20 Å². The first-order valence-electron chi connectivity index (χ1n) is 13.5. The molecule has 5 aliphatic rings. The van der Waals surface area contributed by atoms with Crippen molar-refractivity contribution in [3.63, 3.8) is 0 Å². The van der Waals surface area contributed by atoms with Crippen molar-refractivity contribution in [1.29, 1.82) is 0 Å². The molecule has 5 fully saturated rings. The van der Waals surface area contributed by atoms with Crippen LogP contribution >= 0.6 is 0 Å². The molecule has 0 radical (unpaired) electrons. The predicted octanol–water partition coefficient (Wildman–Crippen LogP) is 3.06. The maximum Gasteiger partial charge on any atom is 0.258 e. The predicted molar refractivity (Wildman–Crippen MR) is 129 cm³/mol. The Morgan fingerprint density at radius 2 is 1.85 bits per heavy atom. The second kappa shape index (κ2) is 10.3. The van der Waals surface area contributed by atoms with Crippen LogP contribution < -0.4 is 20.7 Å². The second-order valence-corrected chi connectivity index (χ2v) is 11.6.